The standard InChI is InChI=1S/C21H24F6N2O14/c1-7(30)36-6-12-13(37-8(2)31)14(38-9(3)32)15(39-10(4)33)17(40-12)43-29-18(35)28-5-11-16(34)42-19(41-11,20(22,23)24)21(25,26)27/h11-15,17H,5-6H2,1-4H3,(H2,28,29,35)/t11-,12+,13+,14-,15-,17-/m0/s1. The molecule has 22 heteroatoms. The molecule has 2 aliphatic heterocycles. The van der Waals surface area contributed by atoms with Crippen LogP contribution in [0.2, 0.25) is 0 Å². The summed E-state index contributed by atoms with van der Waals surface area (Å²) in [4.78, 5) is 75.5. The van der Waals surface area contributed by atoms with E-state index < -0.39 is 104 Å². The van der Waals surface area contributed by atoms with Crippen molar-refractivity contribution in [2.24, 2.45) is 0 Å². The molecule has 2 saturated heterocycles. The van der Waals surface area contributed by atoms with Crippen LogP contribution in [-0.4, -0.2) is 104 Å². The first-order chi connectivity index (χ1) is 19.7. The summed E-state index contributed by atoms with van der Waals surface area (Å²) in [6.45, 7) is 1.84. The zero-order valence-corrected chi connectivity index (χ0v) is 22.4. The van der Waals surface area contributed by atoms with E-state index in [4.69, 9.17) is 28.5 Å². The molecule has 0 saturated carbocycles. The number of alkyl halides is 6. The Balaban J connectivity index is 2.20. The van der Waals surface area contributed by atoms with Gasteiger partial charge in [-0.2, -0.15) is 26.3 Å². The van der Waals surface area contributed by atoms with E-state index in [-0.39, 0.29) is 0 Å². The van der Waals surface area contributed by atoms with Gasteiger partial charge in [-0.1, -0.05) is 0 Å². The largest absolute Gasteiger partial charge is 0.465 e. The Labute approximate surface area is 236 Å². The van der Waals surface area contributed by atoms with Crippen molar-refractivity contribution in [2.45, 2.75) is 82.6 Å². The summed E-state index contributed by atoms with van der Waals surface area (Å²) in [6, 6.07) is -1.51. The minimum atomic E-state index is -6.23. The van der Waals surface area contributed by atoms with Gasteiger partial charge in [0, 0.05) is 27.7 Å². The van der Waals surface area contributed by atoms with Crippen LogP contribution in [0.5, 0.6) is 0 Å². The smallest absolute Gasteiger partial charge is 0.463 e. The highest BCUT2D eigenvalue weighted by atomic mass is 19.4. The van der Waals surface area contributed by atoms with E-state index in [1.807, 2.05) is 0 Å². The quantitative estimate of drug-likeness (QED) is 0.148. The van der Waals surface area contributed by atoms with Gasteiger partial charge in [0.2, 0.25) is 6.29 Å². The molecule has 0 radical (unpaired) electrons. The Morgan fingerprint density at radius 3 is 1.79 bits per heavy atom. The first-order valence-corrected chi connectivity index (χ1v) is 11.7. The molecule has 2 rings (SSSR count). The van der Waals surface area contributed by atoms with Crippen LogP contribution >= 0.6 is 0 Å². The van der Waals surface area contributed by atoms with E-state index in [1.165, 1.54) is 0 Å². The average Bonchev–Trinajstić information content (AvgIpc) is 3.20. The molecule has 2 fully saturated rings. The number of carbonyl (C=O) groups excluding carboxylic acids is 6. The Morgan fingerprint density at radius 2 is 1.33 bits per heavy atom. The maximum Gasteiger partial charge on any atom is 0.465 e. The van der Waals surface area contributed by atoms with E-state index in [0.717, 1.165) is 27.7 Å². The second-order valence-corrected chi connectivity index (χ2v) is 8.64. The molecular weight excluding hydrogens is 618 g/mol. The summed E-state index contributed by atoms with van der Waals surface area (Å²) < 4.78 is 111. The van der Waals surface area contributed by atoms with Gasteiger partial charge in [-0.05, 0) is 0 Å². The van der Waals surface area contributed by atoms with Gasteiger partial charge < -0.3 is 38.5 Å². The molecule has 2 heterocycles. The Hall–Kier alpha value is -3.92. The molecule has 0 aromatic carbocycles. The number of nitrogens with one attached hydrogen (secondary N) is 2. The first-order valence-electron chi connectivity index (χ1n) is 11.7. The molecule has 0 bridgehead atoms. The van der Waals surface area contributed by atoms with Crippen LogP contribution in [0.1, 0.15) is 27.7 Å². The fraction of sp³-hybridized carbons (Fsp3) is 0.714. The lowest BCUT2D eigenvalue weighted by Crippen LogP contribution is -2.64. The Morgan fingerprint density at radius 1 is 0.814 bits per heavy atom. The summed E-state index contributed by atoms with van der Waals surface area (Å²) in [5, 5.41) is 1.70. The van der Waals surface area contributed by atoms with Crippen LogP contribution in [0.4, 0.5) is 31.1 Å². The van der Waals surface area contributed by atoms with Gasteiger partial charge in [0.25, 0.3) is 0 Å². The van der Waals surface area contributed by atoms with Crippen LogP contribution in [0, 0.1) is 0 Å². The normalized spacial score (nSPS) is 26.9. The van der Waals surface area contributed by atoms with Crippen molar-refractivity contribution in [2.75, 3.05) is 13.2 Å². The van der Waals surface area contributed by atoms with E-state index in [2.05, 4.69) is 9.47 Å². The number of rotatable bonds is 9. The third-order valence-electron chi connectivity index (χ3n) is 5.23. The van der Waals surface area contributed by atoms with Crippen LogP contribution in [0.15, 0.2) is 0 Å². The number of hydroxylamine groups is 1. The molecule has 2 aliphatic rings. The number of hydrogen-bond acceptors (Lipinski definition) is 14. The molecule has 244 valence electrons. The predicted molar refractivity (Wildman–Crippen MR) is 115 cm³/mol. The molecular formula is C21H24F6N2O14. The summed E-state index contributed by atoms with van der Waals surface area (Å²) in [6.07, 6.45) is -23.5. The van der Waals surface area contributed by atoms with Gasteiger partial charge in [-0.15, -0.1) is 0 Å². The van der Waals surface area contributed by atoms with Crippen molar-refractivity contribution in [1.82, 2.24) is 10.8 Å². The number of halogens is 6. The number of carbonyl (C=O) groups is 6. The van der Waals surface area contributed by atoms with E-state index in [0.29, 0.717) is 0 Å². The topological polar surface area (TPSA) is 200 Å². The van der Waals surface area contributed by atoms with Crippen molar-refractivity contribution in [3.8, 4) is 0 Å². The minimum Gasteiger partial charge on any atom is -0.463 e. The fourth-order valence-electron chi connectivity index (χ4n) is 3.63. The molecule has 0 aromatic heterocycles. The monoisotopic (exact) mass is 642 g/mol. The molecule has 43 heavy (non-hydrogen) atoms. The second kappa shape index (κ2) is 13.6. The number of ether oxygens (including phenoxy) is 7. The lowest BCUT2D eigenvalue weighted by atomic mass is 9.98. The predicted octanol–water partition coefficient (Wildman–Crippen LogP) is 0.0632. The van der Waals surface area contributed by atoms with Gasteiger partial charge in [0.05, 0.1) is 6.54 Å². The van der Waals surface area contributed by atoms with Crippen molar-refractivity contribution in [3.63, 3.8) is 0 Å². The average molecular weight is 642 g/mol. The lowest BCUT2D eigenvalue weighted by Gasteiger charge is -2.43. The molecule has 0 aliphatic carbocycles. The minimum absolute atomic E-state index is 0.662. The summed E-state index contributed by atoms with van der Waals surface area (Å²) in [7, 11) is 0. The van der Waals surface area contributed by atoms with Crippen molar-refractivity contribution in [1.29, 1.82) is 0 Å². The molecule has 2 amide bonds. The Bertz CT molecular complexity index is 1090. The molecule has 0 unspecified atom stereocenters. The lowest BCUT2D eigenvalue weighted by molar-refractivity contribution is -0.439. The van der Waals surface area contributed by atoms with E-state index in [1.54, 1.807) is 10.8 Å². The van der Waals surface area contributed by atoms with Gasteiger partial charge >= 0.3 is 54.0 Å². The fourth-order valence-corrected chi connectivity index (χ4v) is 3.63. The second-order valence-electron chi connectivity index (χ2n) is 8.64. The van der Waals surface area contributed by atoms with Crippen molar-refractivity contribution >= 4 is 35.9 Å². The zero-order valence-electron chi connectivity index (χ0n) is 22.4. The summed E-state index contributed by atoms with van der Waals surface area (Å²) >= 11 is 0. The SMILES string of the molecule is CC(=O)OC[C@H]1O[C@@H](ONC(=O)NC[C@@H]2OC(C(F)(F)F)(C(F)(F)F)OC2=O)[C@@H](OC(C)=O)[C@@H](OC(C)=O)[C@@H]1OC(C)=O. The maximum atomic E-state index is 13.1. The van der Waals surface area contributed by atoms with Gasteiger partial charge in [-0.3, -0.25) is 19.2 Å². The van der Waals surface area contributed by atoms with Crippen molar-refractivity contribution < 1.29 is 93.1 Å². The summed E-state index contributed by atoms with van der Waals surface area (Å²) in [5.74, 6) is -11.2. The molecule has 0 spiro atoms. The third-order valence-corrected chi connectivity index (χ3v) is 5.23. The van der Waals surface area contributed by atoms with Gasteiger partial charge in [0.1, 0.15) is 12.7 Å². The van der Waals surface area contributed by atoms with E-state index >= 15 is 0 Å². The first kappa shape index (κ1) is 35.3. The van der Waals surface area contributed by atoms with Crippen LogP contribution in [-0.2, 0) is 62.0 Å². The number of cyclic esters (lactones) is 1. The highest BCUT2D eigenvalue weighted by Gasteiger charge is 2.80. The zero-order chi connectivity index (χ0) is 32.9. The van der Waals surface area contributed by atoms with Gasteiger partial charge in [0.15, 0.2) is 24.4 Å². The van der Waals surface area contributed by atoms with Crippen LogP contribution < -0.4 is 10.8 Å². The van der Waals surface area contributed by atoms with Gasteiger partial charge in [-0.25, -0.2) is 19.9 Å². The highest BCUT2D eigenvalue weighted by molar-refractivity contribution is 5.79. The Kier molecular flexibility index (Phi) is 11.1. The van der Waals surface area contributed by atoms with E-state index in [9.17, 15) is 55.1 Å². The van der Waals surface area contributed by atoms with Crippen LogP contribution in [0.25, 0.3) is 0 Å². The number of hydrogen-bond donors (Lipinski definition) is 2. The number of esters is 5. The maximum absolute atomic E-state index is 13.1. The molecule has 16 nitrogen and oxygen atoms in total. The molecule has 0 aromatic rings. The molecule has 2 N–H and O–H groups in total. The summed E-state index contributed by atoms with van der Waals surface area (Å²) in [5.41, 5.74) is 1.62. The number of amides is 2. The van der Waals surface area contributed by atoms with Crippen molar-refractivity contribution in [3.05, 3.63) is 0 Å². The molecule has 6 atom stereocenters. The number of urea groups is 1. The van der Waals surface area contributed by atoms with Crippen LogP contribution in [0.3, 0.4) is 0 Å². The highest BCUT2D eigenvalue weighted by Crippen LogP contribution is 2.50. The third kappa shape index (κ3) is 8.79.